The third kappa shape index (κ3) is 5.36. The molecular weight excluding hydrogens is 417 g/mol. The van der Waals surface area contributed by atoms with E-state index < -0.39 is 0 Å². The Morgan fingerprint density at radius 3 is 2.79 bits per heavy atom. The number of aliphatic imine (C=N–C) groups is 1. The van der Waals surface area contributed by atoms with Gasteiger partial charge in [0.1, 0.15) is 0 Å². The fraction of sp³-hybridized carbons (Fsp3) is 0.556. The molecule has 1 saturated heterocycles. The van der Waals surface area contributed by atoms with Crippen LogP contribution < -0.4 is 5.32 Å². The van der Waals surface area contributed by atoms with E-state index in [4.69, 9.17) is 4.74 Å². The summed E-state index contributed by atoms with van der Waals surface area (Å²) >= 11 is 0. The van der Waals surface area contributed by atoms with E-state index in [1.165, 1.54) is 18.2 Å². The Labute approximate surface area is 161 Å². The zero-order chi connectivity index (χ0) is 16.8. The van der Waals surface area contributed by atoms with Gasteiger partial charge in [-0.2, -0.15) is 0 Å². The quantitative estimate of drug-likeness (QED) is 0.335. The maximum atomic E-state index is 11.8. The number of carbonyl (C=O) groups excluding carboxylic acids is 1. The van der Waals surface area contributed by atoms with Crippen molar-refractivity contribution in [3.8, 4) is 0 Å². The molecule has 1 aromatic rings. The van der Waals surface area contributed by atoms with Crippen LogP contribution in [-0.4, -0.2) is 50.6 Å². The number of methoxy groups -OCH3 is 1. The largest absolute Gasteiger partial charge is 0.469 e. The Morgan fingerprint density at radius 2 is 2.17 bits per heavy atom. The summed E-state index contributed by atoms with van der Waals surface area (Å²) in [6.45, 7) is 6.50. The Morgan fingerprint density at radius 1 is 1.42 bits per heavy atom. The van der Waals surface area contributed by atoms with E-state index in [9.17, 15) is 4.79 Å². The minimum atomic E-state index is -0.129. The van der Waals surface area contributed by atoms with Crippen molar-refractivity contribution in [3.63, 3.8) is 0 Å². The maximum Gasteiger partial charge on any atom is 0.310 e. The van der Waals surface area contributed by atoms with Gasteiger partial charge in [0.2, 0.25) is 0 Å². The zero-order valence-electron chi connectivity index (χ0n) is 14.9. The standard InChI is InChI=1S/C18H27N3O2.HI/c1-13-6-5-7-15(10-13)8-9-20-18(19-3)21-11-14(2)16(12-21)17(22)23-4;/h5-7,10,14,16H,8-9,11-12H2,1-4H3,(H,19,20);1H. The molecule has 1 aromatic carbocycles. The molecule has 2 rings (SSSR count). The molecule has 0 spiro atoms. The highest BCUT2D eigenvalue weighted by Gasteiger charge is 2.36. The highest BCUT2D eigenvalue weighted by Crippen LogP contribution is 2.24. The highest BCUT2D eigenvalue weighted by molar-refractivity contribution is 14.0. The Hall–Kier alpha value is -1.31. The lowest BCUT2D eigenvalue weighted by atomic mass is 9.99. The van der Waals surface area contributed by atoms with E-state index >= 15 is 0 Å². The summed E-state index contributed by atoms with van der Waals surface area (Å²) in [5, 5.41) is 3.40. The molecule has 2 unspecified atom stereocenters. The van der Waals surface area contributed by atoms with Crippen molar-refractivity contribution in [2.24, 2.45) is 16.8 Å². The second kappa shape index (κ2) is 9.86. The molecule has 6 heteroatoms. The molecule has 0 saturated carbocycles. The molecule has 0 amide bonds. The highest BCUT2D eigenvalue weighted by atomic mass is 127. The van der Waals surface area contributed by atoms with Crippen LogP contribution in [0.15, 0.2) is 29.3 Å². The van der Waals surface area contributed by atoms with Gasteiger partial charge in [-0.05, 0) is 24.8 Å². The fourth-order valence-corrected chi connectivity index (χ4v) is 3.12. The average molecular weight is 445 g/mol. The normalized spacial score (nSPS) is 20.5. The first-order chi connectivity index (χ1) is 11.0. The Bertz CT molecular complexity index is 577. The first-order valence-corrected chi connectivity index (χ1v) is 8.14. The van der Waals surface area contributed by atoms with E-state index in [2.05, 4.69) is 53.3 Å². The topological polar surface area (TPSA) is 53.9 Å². The summed E-state index contributed by atoms with van der Waals surface area (Å²) in [7, 11) is 3.23. The number of aryl methyl sites for hydroxylation is 1. The number of likely N-dealkylation sites (tertiary alicyclic amines) is 1. The number of guanidine groups is 1. The molecule has 1 aliphatic heterocycles. The lowest BCUT2D eigenvalue weighted by Gasteiger charge is -2.21. The molecule has 0 bridgehead atoms. The smallest absolute Gasteiger partial charge is 0.310 e. The van der Waals surface area contributed by atoms with Gasteiger partial charge in [0.25, 0.3) is 0 Å². The van der Waals surface area contributed by atoms with Gasteiger partial charge >= 0.3 is 5.97 Å². The lowest BCUT2D eigenvalue weighted by molar-refractivity contribution is -0.145. The molecule has 0 aromatic heterocycles. The van der Waals surface area contributed by atoms with Gasteiger partial charge in [-0.25, -0.2) is 0 Å². The summed E-state index contributed by atoms with van der Waals surface area (Å²) in [5.74, 6) is 0.930. The van der Waals surface area contributed by atoms with E-state index in [0.717, 1.165) is 25.5 Å². The third-order valence-electron chi connectivity index (χ3n) is 4.41. The first-order valence-electron chi connectivity index (χ1n) is 8.14. The van der Waals surface area contributed by atoms with Crippen molar-refractivity contribution in [2.75, 3.05) is 33.8 Å². The van der Waals surface area contributed by atoms with Gasteiger partial charge < -0.3 is 15.0 Å². The van der Waals surface area contributed by atoms with Gasteiger partial charge in [-0.3, -0.25) is 9.79 Å². The number of carbonyl (C=O) groups is 1. The van der Waals surface area contributed by atoms with Gasteiger partial charge in [0.15, 0.2) is 5.96 Å². The number of hydrogen-bond acceptors (Lipinski definition) is 3. The van der Waals surface area contributed by atoms with Crippen LogP contribution in [0.5, 0.6) is 0 Å². The van der Waals surface area contributed by atoms with Crippen molar-refractivity contribution < 1.29 is 9.53 Å². The van der Waals surface area contributed by atoms with E-state index in [1.807, 2.05) is 0 Å². The molecule has 1 N–H and O–H groups in total. The zero-order valence-corrected chi connectivity index (χ0v) is 17.2. The van der Waals surface area contributed by atoms with Crippen LogP contribution in [0.1, 0.15) is 18.1 Å². The predicted octanol–water partition coefficient (Wildman–Crippen LogP) is 2.47. The Balaban J connectivity index is 0.00000288. The lowest BCUT2D eigenvalue weighted by Crippen LogP contribution is -2.41. The molecule has 134 valence electrons. The van der Waals surface area contributed by atoms with E-state index in [-0.39, 0.29) is 41.8 Å². The van der Waals surface area contributed by atoms with Crippen molar-refractivity contribution in [3.05, 3.63) is 35.4 Å². The van der Waals surface area contributed by atoms with Crippen LogP contribution in [-0.2, 0) is 16.0 Å². The number of nitrogens with one attached hydrogen (secondary N) is 1. The molecule has 5 nitrogen and oxygen atoms in total. The monoisotopic (exact) mass is 445 g/mol. The number of ether oxygens (including phenoxy) is 1. The molecule has 0 radical (unpaired) electrons. The predicted molar refractivity (Wildman–Crippen MR) is 108 cm³/mol. The molecule has 0 aliphatic carbocycles. The molecule has 2 atom stereocenters. The van der Waals surface area contributed by atoms with Crippen LogP contribution in [0.2, 0.25) is 0 Å². The first kappa shape index (κ1) is 20.7. The van der Waals surface area contributed by atoms with E-state index in [1.54, 1.807) is 7.05 Å². The molecular formula is C18H28IN3O2. The van der Waals surface area contributed by atoms with Crippen LogP contribution in [0.25, 0.3) is 0 Å². The summed E-state index contributed by atoms with van der Waals surface area (Å²) in [6.07, 6.45) is 0.949. The van der Waals surface area contributed by atoms with Crippen LogP contribution in [0.4, 0.5) is 0 Å². The van der Waals surface area contributed by atoms with Gasteiger partial charge in [0, 0.05) is 26.7 Å². The van der Waals surface area contributed by atoms with Crippen LogP contribution >= 0.6 is 24.0 Å². The molecule has 1 heterocycles. The van der Waals surface area contributed by atoms with E-state index in [0.29, 0.717) is 6.54 Å². The number of benzene rings is 1. The summed E-state index contributed by atoms with van der Waals surface area (Å²) in [4.78, 5) is 18.3. The van der Waals surface area contributed by atoms with Crippen molar-refractivity contribution in [1.29, 1.82) is 0 Å². The second-order valence-electron chi connectivity index (χ2n) is 6.22. The molecule has 24 heavy (non-hydrogen) atoms. The second-order valence-corrected chi connectivity index (χ2v) is 6.22. The molecule has 1 fully saturated rings. The van der Waals surface area contributed by atoms with Crippen LogP contribution in [0.3, 0.4) is 0 Å². The SMILES string of the molecule is CN=C(NCCc1cccc(C)c1)N1CC(C)C(C(=O)OC)C1.I. The van der Waals surface area contributed by atoms with Crippen molar-refractivity contribution in [2.45, 2.75) is 20.3 Å². The van der Waals surface area contributed by atoms with Gasteiger partial charge in [-0.1, -0.05) is 36.8 Å². The number of esters is 1. The van der Waals surface area contributed by atoms with Crippen molar-refractivity contribution in [1.82, 2.24) is 10.2 Å². The van der Waals surface area contributed by atoms with Gasteiger partial charge in [0.05, 0.1) is 13.0 Å². The summed E-state index contributed by atoms with van der Waals surface area (Å²) < 4.78 is 4.89. The van der Waals surface area contributed by atoms with Crippen molar-refractivity contribution >= 4 is 35.9 Å². The van der Waals surface area contributed by atoms with Gasteiger partial charge in [-0.15, -0.1) is 24.0 Å². The number of rotatable bonds is 4. The van der Waals surface area contributed by atoms with Crippen LogP contribution in [0, 0.1) is 18.8 Å². The molecule has 1 aliphatic rings. The number of halogens is 1. The average Bonchev–Trinajstić information content (AvgIpc) is 2.92. The minimum Gasteiger partial charge on any atom is -0.469 e. The minimum absolute atomic E-state index is 0. The summed E-state index contributed by atoms with van der Waals surface area (Å²) in [6, 6.07) is 8.54. The fourth-order valence-electron chi connectivity index (χ4n) is 3.12. The Kier molecular flexibility index (Phi) is 8.52. The number of hydrogen-bond donors (Lipinski definition) is 1. The third-order valence-corrected chi connectivity index (χ3v) is 4.41. The summed E-state index contributed by atoms with van der Waals surface area (Å²) in [5.41, 5.74) is 2.59. The number of nitrogens with zero attached hydrogens (tertiary/aromatic N) is 2. The maximum absolute atomic E-state index is 11.8.